The summed E-state index contributed by atoms with van der Waals surface area (Å²) < 4.78 is 0. The van der Waals surface area contributed by atoms with Gasteiger partial charge in [0.2, 0.25) is 0 Å². The van der Waals surface area contributed by atoms with Crippen molar-refractivity contribution in [3.05, 3.63) is 35.9 Å². The molecule has 1 N–H and O–H groups in total. The topological polar surface area (TPSA) is 23.5 Å². The van der Waals surface area contributed by atoms with E-state index in [1.54, 1.807) is 0 Å². The molecule has 1 saturated carbocycles. The van der Waals surface area contributed by atoms with Crippen LogP contribution in [-0.2, 0) is 0 Å². The van der Waals surface area contributed by atoms with Crippen LogP contribution in [0.5, 0.6) is 0 Å². The molecule has 0 radical (unpaired) electrons. The summed E-state index contributed by atoms with van der Waals surface area (Å²) in [7, 11) is 2.17. The minimum Gasteiger partial charge on any atom is -0.391 e. The van der Waals surface area contributed by atoms with Gasteiger partial charge in [-0.25, -0.2) is 0 Å². The zero-order valence-electron chi connectivity index (χ0n) is 12.7. The lowest BCUT2D eigenvalue weighted by Crippen LogP contribution is -2.64. The molecule has 0 unspecified atom stereocenters. The van der Waals surface area contributed by atoms with Gasteiger partial charge in [0.1, 0.15) is 0 Å². The monoisotopic (exact) mass is 273 g/mol. The minimum atomic E-state index is -0.165. The minimum absolute atomic E-state index is 0.165. The van der Waals surface area contributed by atoms with Crippen LogP contribution < -0.4 is 0 Å². The highest BCUT2D eigenvalue weighted by molar-refractivity contribution is 5.28. The fraction of sp³-hybridized carbons (Fsp3) is 0.667. The second-order valence-electron chi connectivity index (χ2n) is 6.72. The number of likely N-dealkylation sites (tertiary alicyclic amines) is 1. The first kappa shape index (κ1) is 14.1. The van der Waals surface area contributed by atoms with E-state index in [1.165, 1.54) is 37.7 Å². The van der Waals surface area contributed by atoms with Crippen molar-refractivity contribution in [2.24, 2.45) is 5.92 Å². The molecule has 3 rings (SSSR count). The van der Waals surface area contributed by atoms with E-state index in [2.05, 4.69) is 49.2 Å². The highest BCUT2D eigenvalue weighted by atomic mass is 16.3. The molecule has 20 heavy (non-hydrogen) atoms. The van der Waals surface area contributed by atoms with Crippen LogP contribution >= 0.6 is 0 Å². The smallest absolute Gasteiger partial charge is 0.0730 e. The van der Waals surface area contributed by atoms with Gasteiger partial charge in [-0.15, -0.1) is 0 Å². The average molecular weight is 273 g/mol. The Balaban J connectivity index is 1.76. The molecule has 1 aliphatic heterocycles. The van der Waals surface area contributed by atoms with Crippen molar-refractivity contribution >= 4 is 0 Å². The maximum absolute atomic E-state index is 10.9. The van der Waals surface area contributed by atoms with Gasteiger partial charge in [-0.3, -0.25) is 4.90 Å². The molecule has 2 heteroatoms. The lowest BCUT2D eigenvalue weighted by atomic mass is 9.69. The Morgan fingerprint density at radius 3 is 2.40 bits per heavy atom. The fourth-order valence-electron chi connectivity index (χ4n) is 4.32. The van der Waals surface area contributed by atoms with E-state index in [9.17, 15) is 5.11 Å². The Morgan fingerprint density at radius 1 is 1.10 bits per heavy atom. The molecule has 2 nitrogen and oxygen atoms in total. The third kappa shape index (κ3) is 2.40. The average Bonchev–Trinajstić information content (AvgIpc) is 2.52. The Bertz CT molecular complexity index is 426. The van der Waals surface area contributed by atoms with Gasteiger partial charge in [-0.2, -0.15) is 0 Å². The lowest BCUT2D eigenvalue weighted by molar-refractivity contribution is -0.0849. The van der Waals surface area contributed by atoms with Gasteiger partial charge in [0.05, 0.1) is 6.10 Å². The molecule has 1 aromatic carbocycles. The number of likely N-dealkylation sites (N-methyl/N-ethyl adjacent to an activating group) is 1. The molecule has 2 aliphatic rings. The van der Waals surface area contributed by atoms with Crippen molar-refractivity contribution in [1.82, 2.24) is 4.90 Å². The van der Waals surface area contributed by atoms with E-state index in [0.717, 1.165) is 0 Å². The second-order valence-corrected chi connectivity index (χ2v) is 6.72. The lowest BCUT2D eigenvalue weighted by Gasteiger charge is -2.56. The van der Waals surface area contributed by atoms with Crippen molar-refractivity contribution in [1.29, 1.82) is 0 Å². The largest absolute Gasteiger partial charge is 0.391 e. The van der Waals surface area contributed by atoms with Crippen molar-refractivity contribution in [2.75, 3.05) is 7.05 Å². The van der Waals surface area contributed by atoms with Crippen LogP contribution in [0, 0.1) is 5.92 Å². The van der Waals surface area contributed by atoms with Crippen LogP contribution in [-0.4, -0.2) is 35.2 Å². The molecular weight excluding hydrogens is 246 g/mol. The molecule has 0 bridgehead atoms. The highest BCUT2D eigenvalue weighted by Crippen LogP contribution is 2.44. The molecule has 0 aromatic heterocycles. The maximum Gasteiger partial charge on any atom is 0.0730 e. The molecule has 0 spiro atoms. The van der Waals surface area contributed by atoms with Gasteiger partial charge < -0.3 is 5.11 Å². The Kier molecular flexibility index (Phi) is 4.13. The van der Waals surface area contributed by atoms with Crippen LogP contribution in [0.1, 0.15) is 50.5 Å². The Labute approximate surface area is 122 Å². The van der Waals surface area contributed by atoms with E-state index in [-0.39, 0.29) is 6.10 Å². The Hall–Kier alpha value is -0.860. The number of hydrogen-bond acceptors (Lipinski definition) is 2. The number of nitrogens with zero attached hydrogens (tertiary/aromatic N) is 1. The summed E-state index contributed by atoms with van der Waals surface area (Å²) in [4.78, 5) is 2.37. The highest BCUT2D eigenvalue weighted by Gasteiger charge is 2.49. The van der Waals surface area contributed by atoms with Crippen LogP contribution in [0.15, 0.2) is 30.3 Å². The molecule has 110 valence electrons. The van der Waals surface area contributed by atoms with Crippen LogP contribution in [0.3, 0.4) is 0 Å². The summed E-state index contributed by atoms with van der Waals surface area (Å²) in [6.45, 7) is 2.28. The first-order valence-corrected chi connectivity index (χ1v) is 8.15. The predicted molar refractivity (Wildman–Crippen MR) is 82.8 cm³/mol. The zero-order chi connectivity index (χ0) is 14.1. The van der Waals surface area contributed by atoms with Crippen molar-refractivity contribution in [3.8, 4) is 0 Å². The second kappa shape index (κ2) is 5.87. The van der Waals surface area contributed by atoms with Crippen LogP contribution in [0.4, 0.5) is 0 Å². The van der Waals surface area contributed by atoms with Gasteiger partial charge in [0.25, 0.3) is 0 Å². The van der Waals surface area contributed by atoms with Gasteiger partial charge in [-0.05, 0) is 38.3 Å². The van der Waals surface area contributed by atoms with E-state index in [4.69, 9.17) is 0 Å². The quantitative estimate of drug-likeness (QED) is 0.912. The third-order valence-corrected chi connectivity index (χ3v) is 5.67. The molecule has 4 atom stereocenters. The molecular formula is C18H27NO. The summed E-state index contributed by atoms with van der Waals surface area (Å²) >= 11 is 0. The van der Waals surface area contributed by atoms with Gasteiger partial charge in [0, 0.05) is 18.0 Å². The summed E-state index contributed by atoms with van der Waals surface area (Å²) in [6, 6.07) is 11.6. The molecule has 1 aromatic rings. The summed E-state index contributed by atoms with van der Waals surface area (Å²) in [5, 5.41) is 10.9. The maximum atomic E-state index is 10.9. The van der Waals surface area contributed by atoms with Crippen molar-refractivity contribution < 1.29 is 5.11 Å². The van der Waals surface area contributed by atoms with E-state index in [0.29, 0.717) is 23.9 Å². The summed E-state index contributed by atoms with van der Waals surface area (Å²) in [5.41, 5.74) is 1.39. The normalized spacial score (nSPS) is 33.6. The summed E-state index contributed by atoms with van der Waals surface area (Å²) in [6.07, 6.45) is 6.19. The zero-order valence-corrected chi connectivity index (χ0v) is 12.7. The standard InChI is InChI=1S/C18H27NO/c1-13-16(14-9-5-3-6-10-14)17(19(13)2)18(20)15-11-7-4-8-12-15/h3,5-6,9-10,13,15-18,20H,4,7-8,11-12H2,1-2H3/t13-,16+,17-,18+/m0/s1. The van der Waals surface area contributed by atoms with Crippen molar-refractivity contribution in [2.45, 2.75) is 63.1 Å². The van der Waals surface area contributed by atoms with Gasteiger partial charge in [0.15, 0.2) is 0 Å². The van der Waals surface area contributed by atoms with E-state index < -0.39 is 0 Å². The molecule has 1 aliphatic carbocycles. The first-order chi connectivity index (χ1) is 9.70. The SMILES string of the molecule is C[C@H]1[C@H](c2ccccc2)[C@@H]([C@H](O)C2CCCCC2)N1C. The molecule has 1 saturated heterocycles. The molecule has 0 amide bonds. The molecule has 2 fully saturated rings. The van der Waals surface area contributed by atoms with Crippen LogP contribution in [0.2, 0.25) is 0 Å². The fourth-order valence-corrected chi connectivity index (χ4v) is 4.32. The van der Waals surface area contributed by atoms with Gasteiger partial charge in [-0.1, -0.05) is 49.6 Å². The number of aliphatic hydroxyl groups excluding tert-OH is 1. The Morgan fingerprint density at radius 2 is 1.75 bits per heavy atom. The van der Waals surface area contributed by atoms with Crippen molar-refractivity contribution in [3.63, 3.8) is 0 Å². The number of rotatable bonds is 3. The number of benzene rings is 1. The first-order valence-electron chi connectivity index (χ1n) is 8.15. The summed E-state index contributed by atoms with van der Waals surface area (Å²) in [5.74, 6) is 0.994. The number of hydrogen-bond donors (Lipinski definition) is 1. The number of aliphatic hydroxyl groups is 1. The third-order valence-electron chi connectivity index (χ3n) is 5.67. The van der Waals surface area contributed by atoms with E-state index >= 15 is 0 Å². The van der Waals surface area contributed by atoms with Gasteiger partial charge >= 0.3 is 0 Å². The molecule has 1 heterocycles. The van der Waals surface area contributed by atoms with E-state index in [1.807, 2.05) is 0 Å². The predicted octanol–water partition coefficient (Wildman–Crippen LogP) is 3.41. The van der Waals surface area contributed by atoms with Crippen LogP contribution in [0.25, 0.3) is 0 Å².